The number of aromatic nitrogens is 3. The van der Waals surface area contributed by atoms with Gasteiger partial charge in [-0.3, -0.25) is 0 Å². The SMILES string of the molecule is COCCNC(=O)N1C2CCC1CC(n1ccnn1)C2. The molecule has 2 fully saturated rings. The minimum Gasteiger partial charge on any atom is -0.383 e. The Morgan fingerprint density at radius 2 is 2.10 bits per heavy atom. The number of carbonyl (C=O) groups is 1. The Balaban J connectivity index is 1.61. The summed E-state index contributed by atoms with van der Waals surface area (Å²) in [6.07, 6.45) is 7.75. The molecular formula is C13H21N5O2. The maximum absolute atomic E-state index is 12.3. The molecule has 3 heterocycles. The molecule has 2 aliphatic rings. The minimum atomic E-state index is 0.0478. The molecule has 3 rings (SSSR count). The third-order valence-corrected chi connectivity index (χ3v) is 4.34. The number of piperidine rings is 1. The fraction of sp³-hybridized carbons (Fsp3) is 0.769. The van der Waals surface area contributed by atoms with Gasteiger partial charge in [0.25, 0.3) is 0 Å². The lowest BCUT2D eigenvalue weighted by Gasteiger charge is -2.38. The minimum absolute atomic E-state index is 0.0478. The molecule has 1 aromatic rings. The van der Waals surface area contributed by atoms with Crippen molar-refractivity contribution in [2.75, 3.05) is 20.3 Å². The van der Waals surface area contributed by atoms with Crippen LogP contribution >= 0.6 is 0 Å². The van der Waals surface area contributed by atoms with E-state index in [4.69, 9.17) is 4.74 Å². The first-order valence-corrected chi connectivity index (χ1v) is 7.20. The van der Waals surface area contributed by atoms with E-state index < -0.39 is 0 Å². The third kappa shape index (κ3) is 2.49. The van der Waals surface area contributed by atoms with Crippen molar-refractivity contribution in [3.05, 3.63) is 12.4 Å². The van der Waals surface area contributed by atoms with Crippen LogP contribution in [0.3, 0.4) is 0 Å². The first-order valence-electron chi connectivity index (χ1n) is 7.20. The maximum Gasteiger partial charge on any atom is 0.317 e. The van der Waals surface area contributed by atoms with Gasteiger partial charge in [0.1, 0.15) is 0 Å². The average Bonchev–Trinajstić information content (AvgIpc) is 3.06. The molecule has 1 N–H and O–H groups in total. The lowest BCUT2D eigenvalue weighted by atomic mass is 9.98. The summed E-state index contributed by atoms with van der Waals surface area (Å²) in [5.41, 5.74) is 0. The highest BCUT2D eigenvalue weighted by Gasteiger charge is 2.43. The van der Waals surface area contributed by atoms with Crippen molar-refractivity contribution in [2.45, 2.75) is 43.8 Å². The zero-order valence-electron chi connectivity index (χ0n) is 11.7. The fourth-order valence-electron chi connectivity index (χ4n) is 3.46. The molecule has 1 aromatic heterocycles. The summed E-state index contributed by atoms with van der Waals surface area (Å²) >= 11 is 0. The number of hydrogen-bond donors (Lipinski definition) is 1. The molecule has 2 unspecified atom stereocenters. The Morgan fingerprint density at radius 1 is 1.35 bits per heavy atom. The van der Waals surface area contributed by atoms with E-state index in [2.05, 4.69) is 15.6 Å². The van der Waals surface area contributed by atoms with Crippen molar-refractivity contribution in [2.24, 2.45) is 0 Å². The van der Waals surface area contributed by atoms with E-state index in [1.807, 2.05) is 15.8 Å². The first-order chi connectivity index (χ1) is 9.79. The van der Waals surface area contributed by atoms with Gasteiger partial charge in [0.15, 0.2) is 0 Å². The Bertz CT molecular complexity index is 436. The molecule has 2 atom stereocenters. The van der Waals surface area contributed by atoms with Crippen molar-refractivity contribution in [1.29, 1.82) is 0 Å². The zero-order chi connectivity index (χ0) is 13.9. The molecule has 0 saturated carbocycles. The van der Waals surface area contributed by atoms with E-state index in [0.29, 0.717) is 31.3 Å². The molecule has 2 saturated heterocycles. The highest BCUT2D eigenvalue weighted by molar-refractivity contribution is 5.75. The Morgan fingerprint density at radius 3 is 2.70 bits per heavy atom. The molecule has 2 aliphatic heterocycles. The van der Waals surface area contributed by atoms with Crippen molar-refractivity contribution >= 4 is 6.03 Å². The summed E-state index contributed by atoms with van der Waals surface area (Å²) in [5, 5.41) is 10.9. The number of rotatable bonds is 4. The van der Waals surface area contributed by atoms with Crippen LogP contribution in [0.1, 0.15) is 31.7 Å². The summed E-state index contributed by atoms with van der Waals surface area (Å²) in [6, 6.07) is 1.07. The van der Waals surface area contributed by atoms with Crippen molar-refractivity contribution in [3.63, 3.8) is 0 Å². The molecule has 0 radical (unpaired) electrons. The molecular weight excluding hydrogens is 258 g/mol. The molecule has 0 aromatic carbocycles. The van der Waals surface area contributed by atoms with Gasteiger partial charge in [-0.05, 0) is 25.7 Å². The average molecular weight is 279 g/mol. The van der Waals surface area contributed by atoms with Crippen LogP contribution in [0.25, 0.3) is 0 Å². The van der Waals surface area contributed by atoms with Crippen LogP contribution in [0, 0.1) is 0 Å². The number of fused-ring (bicyclic) bond motifs is 2. The Hall–Kier alpha value is -1.63. The number of hydrogen-bond acceptors (Lipinski definition) is 4. The van der Waals surface area contributed by atoms with Crippen LogP contribution in [0.2, 0.25) is 0 Å². The van der Waals surface area contributed by atoms with Crippen molar-refractivity contribution < 1.29 is 9.53 Å². The van der Waals surface area contributed by atoms with Gasteiger partial charge in [-0.15, -0.1) is 5.10 Å². The standard InChI is InChI=1S/C13H21N5O2/c1-20-7-5-14-13(19)18-10-2-3-11(18)9-12(8-10)17-6-4-15-16-17/h4,6,10-12H,2-3,5,7-9H2,1H3,(H,14,19). The number of nitrogens with one attached hydrogen (secondary N) is 1. The second-order valence-electron chi connectivity index (χ2n) is 5.53. The quantitative estimate of drug-likeness (QED) is 0.828. The highest BCUT2D eigenvalue weighted by atomic mass is 16.5. The molecule has 20 heavy (non-hydrogen) atoms. The first kappa shape index (κ1) is 13.4. The summed E-state index contributed by atoms with van der Waals surface area (Å²) in [6.45, 7) is 1.12. The van der Waals surface area contributed by atoms with E-state index in [1.165, 1.54) is 0 Å². The van der Waals surface area contributed by atoms with Crippen LogP contribution in [0.4, 0.5) is 4.79 Å². The Labute approximate surface area is 118 Å². The van der Waals surface area contributed by atoms with Gasteiger partial charge in [0.2, 0.25) is 0 Å². The largest absolute Gasteiger partial charge is 0.383 e. The van der Waals surface area contributed by atoms with E-state index in [9.17, 15) is 4.79 Å². The predicted molar refractivity (Wildman–Crippen MR) is 72.2 cm³/mol. The lowest BCUT2D eigenvalue weighted by molar-refractivity contribution is 0.117. The van der Waals surface area contributed by atoms with E-state index in [1.54, 1.807) is 13.3 Å². The number of carbonyl (C=O) groups excluding carboxylic acids is 1. The molecule has 7 nitrogen and oxygen atoms in total. The molecule has 0 aliphatic carbocycles. The number of methoxy groups -OCH3 is 1. The third-order valence-electron chi connectivity index (χ3n) is 4.34. The molecule has 2 bridgehead atoms. The van der Waals surface area contributed by atoms with E-state index in [0.717, 1.165) is 25.7 Å². The smallest absolute Gasteiger partial charge is 0.317 e. The van der Waals surface area contributed by atoms with Crippen LogP contribution < -0.4 is 5.32 Å². The normalized spacial score (nSPS) is 28.6. The second-order valence-corrected chi connectivity index (χ2v) is 5.53. The number of nitrogens with zero attached hydrogens (tertiary/aromatic N) is 4. The van der Waals surface area contributed by atoms with E-state index in [-0.39, 0.29) is 6.03 Å². The van der Waals surface area contributed by atoms with Crippen molar-refractivity contribution in [1.82, 2.24) is 25.2 Å². The fourth-order valence-corrected chi connectivity index (χ4v) is 3.46. The summed E-state index contributed by atoms with van der Waals surface area (Å²) in [7, 11) is 1.64. The molecule has 110 valence electrons. The van der Waals surface area contributed by atoms with Gasteiger partial charge in [-0.25, -0.2) is 9.48 Å². The summed E-state index contributed by atoms with van der Waals surface area (Å²) < 4.78 is 6.90. The van der Waals surface area contributed by atoms with Gasteiger partial charge in [0, 0.05) is 31.9 Å². The molecule has 0 spiro atoms. The van der Waals surface area contributed by atoms with Crippen molar-refractivity contribution in [3.8, 4) is 0 Å². The monoisotopic (exact) mass is 279 g/mol. The van der Waals surface area contributed by atoms with Gasteiger partial charge in [-0.1, -0.05) is 5.21 Å². The van der Waals surface area contributed by atoms with Crippen LogP contribution in [-0.4, -0.2) is 58.3 Å². The predicted octanol–water partition coefficient (Wildman–Crippen LogP) is 0.802. The van der Waals surface area contributed by atoms with E-state index >= 15 is 0 Å². The maximum atomic E-state index is 12.3. The highest BCUT2D eigenvalue weighted by Crippen LogP contribution is 2.40. The number of ether oxygens (including phenoxy) is 1. The van der Waals surface area contributed by atoms with Gasteiger partial charge < -0.3 is 15.0 Å². The summed E-state index contributed by atoms with van der Waals surface area (Å²) in [5.74, 6) is 0. The van der Waals surface area contributed by atoms with Gasteiger partial charge in [-0.2, -0.15) is 0 Å². The van der Waals surface area contributed by atoms with Crippen LogP contribution in [0.5, 0.6) is 0 Å². The second kappa shape index (κ2) is 5.78. The van der Waals surface area contributed by atoms with Crippen LogP contribution in [-0.2, 0) is 4.74 Å². The lowest BCUT2D eigenvalue weighted by Crippen LogP contribution is -2.51. The summed E-state index contributed by atoms with van der Waals surface area (Å²) in [4.78, 5) is 14.3. The Kier molecular flexibility index (Phi) is 3.86. The number of amides is 2. The zero-order valence-corrected chi connectivity index (χ0v) is 11.7. The molecule has 7 heteroatoms. The van der Waals surface area contributed by atoms with Crippen LogP contribution in [0.15, 0.2) is 12.4 Å². The van der Waals surface area contributed by atoms with Gasteiger partial charge in [0.05, 0.1) is 18.8 Å². The van der Waals surface area contributed by atoms with Gasteiger partial charge >= 0.3 is 6.03 Å². The number of urea groups is 1. The molecule has 2 amide bonds. The topological polar surface area (TPSA) is 72.3 Å².